The van der Waals surface area contributed by atoms with Crippen LogP contribution >= 0.6 is 23.7 Å². The number of hydrogen-bond donors (Lipinski definition) is 1. The first kappa shape index (κ1) is 15.8. The minimum absolute atomic E-state index is 0. The molecule has 1 aromatic heterocycles. The van der Waals surface area contributed by atoms with Crippen LogP contribution in [0.4, 0.5) is 0 Å². The highest BCUT2D eigenvalue weighted by Gasteiger charge is 1.96. The third-order valence-corrected chi connectivity index (χ3v) is 2.89. The van der Waals surface area contributed by atoms with Crippen molar-refractivity contribution in [3.05, 3.63) is 16.1 Å². The van der Waals surface area contributed by atoms with E-state index in [4.69, 9.17) is 4.74 Å². The summed E-state index contributed by atoms with van der Waals surface area (Å²) in [5.74, 6) is 0. The summed E-state index contributed by atoms with van der Waals surface area (Å²) in [4.78, 5) is 4.39. The normalized spacial score (nSPS) is 10.1. The largest absolute Gasteiger partial charge is 0.382 e. The van der Waals surface area contributed by atoms with Crippen LogP contribution in [-0.4, -0.2) is 24.7 Å². The Morgan fingerprint density at radius 3 is 2.88 bits per heavy atom. The quantitative estimate of drug-likeness (QED) is 0.733. The van der Waals surface area contributed by atoms with E-state index in [0.29, 0.717) is 0 Å². The summed E-state index contributed by atoms with van der Waals surface area (Å²) in [6, 6.07) is 0. The monoisotopic (exact) mass is 264 g/mol. The topological polar surface area (TPSA) is 34.1 Å². The number of nitrogens with zero attached hydrogens (tertiary/aromatic N) is 1. The zero-order valence-corrected chi connectivity index (χ0v) is 11.6. The fraction of sp³-hybridized carbons (Fsp3) is 0.727. The lowest BCUT2D eigenvalue weighted by Crippen LogP contribution is -2.15. The Hall–Kier alpha value is -0.160. The first-order valence-corrected chi connectivity index (χ1v) is 6.40. The molecule has 5 heteroatoms. The zero-order chi connectivity index (χ0) is 10.9. The van der Waals surface area contributed by atoms with Crippen LogP contribution in [-0.2, 0) is 11.3 Å². The molecule has 0 saturated carbocycles. The van der Waals surface area contributed by atoms with Gasteiger partial charge in [-0.15, -0.1) is 23.7 Å². The molecule has 0 aromatic carbocycles. The van der Waals surface area contributed by atoms with Gasteiger partial charge in [-0.1, -0.05) is 0 Å². The number of hydrogen-bond acceptors (Lipinski definition) is 4. The van der Waals surface area contributed by atoms with Crippen LogP contribution in [0.2, 0.25) is 0 Å². The van der Waals surface area contributed by atoms with E-state index < -0.39 is 0 Å². The van der Waals surface area contributed by atoms with Crippen molar-refractivity contribution in [1.82, 2.24) is 10.3 Å². The van der Waals surface area contributed by atoms with E-state index in [2.05, 4.69) is 15.7 Å². The Morgan fingerprint density at radius 1 is 1.44 bits per heavy atom. The van der Waals surface area contributed by atoms with Gasteiger partial charge in [0.05, 0.1) is 10.7 Å². The van der Waals surface area contributed by atoms with Crippen LogP contribution in [0, 0.1) is 6.92 Å². The Labute approximate surface area is 108 Å². The van der Waals surface area contributed by atoms with E-state index in [1.165, 1.54) is 6.42 Å². The number of halogens is 1. The van der Waals surface area contributed by atoms with Gasteiger partial charge in [0.2, 0.25) is 0 Å². The van der Waals surface area contributed by atoms with E-state index in [1.807, 2.05) is 13.8 Å². The molecule has 0 fully saturated rings. The number of rotatable bonds is 8. The molecular weight excluding hydrogens is 244 g/mol. The second-order valence-electron chi connectivity index (χ2n) is 3.44. The Kier molecular flexibility index (Phi) is 9.92. The summed E-state index contributed by atoms with van der Waals surface area (Å²) in [5.41, 5.74) is 1.15. The lowest BCUT2D eigenvalue weighted by atomic mass is 10.3. The van der Waals surface area contributed by atoms with Crippen LogP contribution in [0.15, 0.2) is 5.38 Å². The molecule has 94 valence electrons. The van der Waals surface area contributed by atoms with Crippen LogP contribution in [0.5, 0.6) is 0 Å². The van der Waals surface area contributed by atoms with Gasteiger partial charge < -0.3 is 10.1 Å². The predicted molar refractivity (Wildman–Crippen MR) is 71.5 cm³/mol. The van der Waals surface area contributed by atoms with Gasteiger partial charge in [0.15, 0.2) is 0 Å². The molecule has 0 atom stereocenters. The van der Waals surface area contributed by atoms with Crippen molar-refractivity contribution in [2.24, 2.45) is 0 Å². The van der Waals surface area contributed by atoms with E-state index in [9.17, 15) is 0 Å². The highest BCUT2D eigenvalue weighted by atomic mass is 35.5. The van der Waals surface area contributed by atoms with Crippen LogP contribution < -0.4 is 5.32 Å². The van der Waals surface area contributed by atoms with Gasteiger partial charge in [-0.3, -0.25) is 0 Å². The molecule has 1 aromatic rings. The molecule has 0 bridgehead atoms. The fourth-order valence-corrected chi connectivity index (χ4v) is 1.92. The predicted octanol–water partition coefficient (Wildman–Crippen LogP) is 2.78. The molecule has 16 heavy (non-hydrogen) atoms. The maximum absolute atomic E-state index is 5.26. The van der Waals surface area contributed by atoms with Gasteiger partial charge in [0.25, 0.3) is 0 Å². The first-order valence-electron chi connectivity index (χ1n) is 5.52. The van der Waals surface area contributed by atoms with Crippen molar-refractivity contribution in [3.63, 3.8) is 0 Å². The van der Waals surface area contributed by atoms with Gasteiger partial charge in [-0.2, -0.15) is 0 Å². The van der Waals surface area contributed by atoms with Gasteiger partial charge in [0.1, 0.15) is 0 Å². The summed E-state index contributed by atoms with van der Waals surface area (Å²) >= 11 is 1.71. The average Bonchev–Trinajstić information content (AvgIpc) is 2.63. The van der Waals surface area contributed by atoms with Gasteiger partial charge in [-0.25, -0.2) is 4.98 Å². The number of ether oxygens (including phenoxy) is 1. The highest BCUT2D eigenvalue weighted by Crippen LogP contribution is 2.07. The smallest absolute Gasteiger partial charge is 0.0897 e. The molecule has 0 amide bonds. The maximum atomic E-state index is 5.26. The number of thiazole rings is 1. The Morgan fingerprint density at radius 2 is 2.25 bits per heavy atom. The van der Waals surface area contributed by atoms with Crippen molar-refractivity contribution < 1.29 is 4.74 Å². The fourth-order valence-electron chi connectivity index (χ4n) is 1.30. The Bertz CT molecular complexity index is 268. The first-order chi connectivity index (χ1) is 7.33. The number of unbranched alkanes of at least 4 members (excludes halogenated alkanes) is 1. The molecule has 1 N–H and O–H groups in total. The van der Waals surface area contributed by atoms with Crippen LogP contribution in [0.3, 0.4) is 0 Å². The third kappa shape index (κ3) is 7.17. The minimum Gasteiger partial charge on any atom is -0.382 e. The summed E-state index contributed by atoms with van der Waals surface area (Å²) in [6.45, 7) is 7.71. The number of aryl methyl sites for hydroxylation is 1. The standard InChI is InChI=1S/C11H20N2OS.ClH/c1-3-14-7-5-4-6-12-8-11-9-15-10(2)13-11;/h9,12H,3-8H2,1-2H3;1H. The Balaban J connectivity index is 0.00000225. The van der Waals surface area contributed by atoms with Crippen molar-refractivity contribution in [3.8, 4) is 0 Å². The summed E-state index contributed by atoms with van der Waals surface area (Å²) < 4.78 is 5.26. The SMILES string of the molecule is CCOCCCCNCc1csc(C)n1.Cl. The maximum Gasteiger partial charge on any atom is 0.0897 e. The molecular formula is C11H21ClN2OS. The summed E-state index contributed by atoms with van der Waals surface area (Å²) in [7, 11) is 0. The van der Waals surface area contributed by atoms with Crippen molar-refractivity contribution in [2.75, 3.05) is 19.8 Å². The molecule has 0 aliphatic heterocycles. The molecule has 1 rings (SSSR count). The van der Waals surface area contributed by atoms with Crippen LogP contribution in [0.1, 0.15) is 30.5 Å². The number of aromatic nitrogens is 1. The van der Waals surface area contributed by atoms with Crippen LogP contribution in [0.25, 0.3) is 0 Å². The van der Waals surface area contributed by atoms with Gasteiger partial charge >= 0.3 is 0 Å². The van der Waals surface area contributed by atoms with Crippen molar-refractivity contribution in [1.29, 1.82) is 0 Å². The van der Waals surface area contributed by atoms with E-state index >= 15 is 0 Å². The lowest BCUT2D eigenvalue weighted by molar-refractivity contribution is 0.143. The summed E-state index contributed by atoms with van der Waals surface area (Å²) in [6.07, 6.45) is 2.31. The molecule has 0 radical (unpaired) electrons. The molecule has 0 saturated heterocycles. The molecule has 0 aliphatic rings. The minimum atomic E-state index is 0. The molecule has 0 spiro atoms. The van der Waals surface area contributed by atoms with Gasteiger partial charge in [-0.05, 0) is 33.2 Å². The van der Waals surface area contributed by atoms with E-state index in [-0.39, 0.29) is 12.4 Å². The molecule has 3 nitrogen and oxygen atoms in total. The second kappa shape index (κ2) is 10.0. The molecule has 0 aliphatic carbocycles. The van der Waals surface area contributed by atoms with Crippen molar-refractivity contribution >= 4 is 23.7 Å². The summed E-state index contributed by atoms with van der Waals surface area (Å²) in [5, 5.41) is 6.64. The van der Waals surface area contributed by atoms with E-state index in [1.54, 1.807) is 11.3 Å². The second-order valence-corrected chi connectivity index (χ2v) is 4.50. The van der Waals surface area contributed by atoms with Crippen molar-refractivity contribution in [2.45, 2.75) is 33.2 Å². The lowest BCUT2D eigenvalue weighted by Gasteiger charge is -2.03. The zero-order valence-electron chi connectivity index (χ0n) is 9.99. The number of nitrogens with one attached hydrogen (secondary N) is 1. The third-order valence-electron chi connectivity index (χ3n) is 2.07. The van der Waals surface area contributed by atoms with Gasteiger partial charge in [0, 0.05) is 25.1 Å². The highest BCUT2D eigenvalue weighted by molar-refractivity contribution is 7.09. The van der Waals surface area contributed by atoms with E-state index in [0.717, 1.165) is 43.4 Å². The molecule has 0 unspecified atom stereocenters. The average molecular weight is 265 g/mol. The molecule has 1 heterocycles.